The summed E-state index contributed by atoms with van der Waals surface area (Å²) in [6.45, 7) is -0.282. The van der Waals surface area contributed by atoms with Crippen molar-refractivity contribution in [3.8, 4) is 0 Å². The number of nitro groups is 1. The van der Waals surface area contributed by atoms with Crippen LogP contribution in [0, 0.1) is 10.1 Å². The summed E-state index contributed by atoms with van der Waals surface area (Å²) < 4.78 is 27.2. The van der Waals surface area contributed by atoms with Crippen molar-refractivity contribution in [2.75, 3.05) is 16.6 Å². The van der Waals surface area contributed by atoms with Gasteiger partial charge in [-0.1, -0.05) is 12.1 Å². The second-order valence-electron chi connectivity index (χ2n) is 7.36. The fraction of sp³-hybridized carbons (Fsp3) is 0.0909. The average Bonchev–Trinajstić information content (AvgIpc) is 3.08. The lowest BCUT2D eigenvalue weighted by Crippen LogP contribution is -2.33. The van der Waals surface area contributed by atoms with Crippen molar-refractivity contribution in [1.82, 2.24) is 9.88 Å². The molecule has 13 heteroatoms. The maximum Gasteiger partial charge on any atom is 0.282 e. The van der Waals surface area contributed by atoms with Gasteiger partial charge in [-0.2, -0.15) is 0 Å². The number of sulfonamides is 1. The molecule has 0 aliphatic carbocycles. The normalized spacial score (nSPS) is 12.9. The zero-order valence-corrected chi connectivity index (χ0v) is 18.7. The van der Waals surface area contributed by atoms with E-state index in [0.29, 0.717) is 5.69 Å². The standard InChI is InChI=1S/C22H17N5O7S/c28-19(11-13-26-21(29)16-4-3-5-17(27(31)32)20(16)22(26)30)24-14-7-9-15(10-8-14)35(33,34)25-18-6-1-2-12-23-18/h1-10,12H,11,13H2,(H,23,25)(H,24,28). The van der Waals surface area contributed by atoms with Gasteiger partial charge in [-0.25, -0.2) is 13.4 Å². The number of hydrogen-bond donors (Lipinski definition) is 2. The van der Waals surface area contributed by atoms with Gasteiger partial charge in [0.25, 0.3) is 27.5 Å². The lowest BCUT2D eigenvalue weighted by atomic mass is 10.1. The van der Waals surface area contributed by atoms with Crippen LogP contribution in [0.3, 0.4) is 0 Å². The molecule has 3 aromatic rings. The fourth-order valence-corrected chi connectivity index (χ4v) is 4.45. The third-order valence-corrected chi connectivity index (χ3v) is 6.46. The molecule has 2 heterocycles. The van der Waals surface area contributed by atoms with E-state index in [-0.39, 0.29) is 34.8 Å². The molecule has 3 amide bonds. The van der Waals surface area contributed by atoms with Crippen LogP contribution in [0.4, 0.5) is 17.2 Å². The molecule has 0 unspecified atom stereocenters. The van der Waals surface area contributed by atoms with Gasteiger partial charge < -0.3 is 5.32 Å². The number of nitrogens with one attached hydrogen (secondary N) is 2. The van der Waals surface area contributed by atoms with Crippen LogP contribution in [0.2, 0.25) is 0 Å². The number of fused-ring (bicyclic) bond motifs is 1. The lowest BCUT2D eigenvalue weighted by Gasteiger charge is -2.13. The van der Waals surface area contributed by atoms with Gasteiger partial charge >= 0.3 is 0 Å². The molecule has 35 heavy (non-hydrogen) atoms. The Morgan fingerprint density at radius 2 is 1.74 bits per heavy atom. The predicted molar refractivity (Wildman–Crippen MR) is 123 cm³/mol. The van der Waals surface area contributed by atoms with Crippen LogP contribution in [0.25, 0.3) is 0 Å². The minimum absolute atomic E-state index is 0.0474. The highest BCUT2D eigenvalue weighted by molar-refractivity contribution is 7.92. The van der Waals surface area contributed by atoms with Crippen molar-refractivity contribution in [2.24, 2.45) is 0 Å². The molecule has 178 valence electrons. The minimum atomic E-state index is -3.88. The van der Waals surface area contributed by atoms with Crippen molar-refractivity contribution < 1.29 is 27.7 Å². The number of pyridine rings is 1. The summed E-state index contributed by atoms with van der Waals surface area (Å²) in [7, 11) is -3.88. The summed E-state index contributed by atoms with van der Waals surface area (Å²) in [6.07, 6.45) is 1.18. The van der Waals surface area contributed by atoms with E-state index in [0.717, 1.165) is 11.0 Å². The molecule has 0 atom stereocenters. The molecule has 0 saturated carbocycles. The van der Waals surface area contributed by atoms with Crippen molar-refractivity contribution >= 4 is 44.9 Å². The molecule has 0 bridgehead atoms. The molecule has 0 spiro atoms. The second kappa shape index (κ2) is 9.30. The first-order chi connectivity index (χ1) is 16.7. The molecule has 0 fully saturated rings. The molecule has 1 aliphatic heterocycles. The Kier molecular flexibility index (Phi) is 6.25. The molecule has 12 nitrogen and oxygen atoms in total. The summed E-state index contributed by atoms with van der Waals surface area (Å²) in [6, 6.07) is 13.9. The van der Waals surface area contributed by atoms with Gasteiger partial charge in [0.1, 0.15) is 11.4 Å². The Morgan fingerprint density at radius 3 is 2.40 bits per heavy atom. The quantitative estimate of drug-likeness (QED) is 0.273. The van der Waals surface area contributed by atoms with Crippen molar-refractivity contribution in [3.63, 3.8) is 0 Å². The summed E-state index contributed by atoms with van der Waals surface area (Å²) in [4.78, 5) is 52.5. The Morgan fingerprint density at radius 1 is 1.00 bits per heavy atom. The van der Waals surface area contributed by atoms with Gasteiger partial charge in [0.15, 0.2) is 0 Å². The van der Waals surface area contributed by atoms with Crippen molar-refractivity contribution in [1.29, 1.82) is 0 Å². The largest absolute Gasteiger partial charge is 0.326 e. The monoisotopic (exact) mass is 495 g/mol. The van der Waals surface area contributed by atoms with Crippen LogP contribution in [-0.4, -0.2) is 47.5 Å². The Balaban J connectivity index is 1.37. The van der Waals surface area contributed by atoms with E-state index in [2.05, 4.69) is 15.0 Å². The van der Waals surface area contributed by atoms with Gasteiger partial charge in [0.2, 0.25) is 5.91 Å². The van der Waals surface area contributed by atoms with Crippen LogP contribution in [0.5, 0.6) is 0 Å². The van der Waals surface area contributed by atoms with E-state index < -0.39 is 38.4 Å². The van der Waals surface area contributed by atoms with Crippen LogP contribution in [-0.2, 0) is 14.8 Å². The molecule has 1 aliphatic rings. The summed E-state index contributed by atoms with van der Waals surface area (Å²) >= 11 is 0. The summed E-state index contributed by atoms with van der Waals surface area (Å²) in [5.41, 5.74) is -0.551. The smallest absolute Gasteiger partial charge is 0.282 e. The molecule has 0 saturated heterocycles. The highest BCUT2D eigenvalue weighted by Crippen LogP contribution is 2.30. The molecule has 2 N–H and O–H groups in total. The number of nitrogens with zero attached hydrogens (tertiary/aromatic N) is 3. The first-order valence-electron chi connectivity index (χ1n) is 10.1. The van der Waals surface area contributed by atoms with Gasteiger partial charge in [-0.3, -0.25) is 34.1 Å². The summed E-state index contributed by atoms with van der Waals surface area (Å²) in [5.74, 6) is -1.93. The number of benzene rings is 2. The highest BCUT2D eigenvalue weighted by atomic mass is 32.2. The van der Waals surface area contributed by atoms with Crippen LogP contribution in [0.1, 0.15) is 27.1 Å². The number of aromatic nitrogens is 1. The molecular formula is C22H17N5O7S. The topological polar surface area (TPSA) is 169 Å². The number of carbonyl (C=O) groups is 3. The van der Waals surface area contributed by atoms with E-state index >= 15 is 0 Å². The first kappa shape index (κ1) is 23.5. The van der Waals surface area contributed by atoms with Gasteiger partial charge in [-0.15, -0.1) is 0 Å². The third-order valence-electron chi connectivity index (χ3n) is 5.09. The van der Waals surface area contributed by atoms with Crippen LogP contribution < -0.4 is 10.0 Å². The zero-order valence-electron chi connectivity index (χ0n) is 17.9. The average molecular weight is 495 g/mol. The SMILES string of the molecule is O=C(CCN1C(=O)c2cccc([N+](=O)[O-])c2C1=O)Nc1ccc(S(=O)(=O)Nc2ccccn2)cc1. The van der Waals surface area contributed by atoms with Gasteiger partial charge in [0.05, 0.1) is 15.4 Å². The molecule has 0 radical (unpaired) electrons. The highest BCUT2D eigenvalue weighted by Gasteiger charge is 2.40. The number of anilines is 2. The second-order valence-corrected chi connectivity index (χ2v) is 9.04. The van der Waals surface area contributed by atoms with Crippen LogP contribution >= 0.6 is 0 Å². The number of imide groups is 1. The zero-order chi connectivity index (χ0) is 25.2. The molecule has 1 aromatic heterocycles. The van der Waals surface area contributed by atoms with E-state index in [4.69, 9.17) is 0 Å². The van der Waals surface area contributed by atoms with E-state index in [1.54, 1.807) is 12.1 Å². The third kappa shape index (κ3) is 4.84. The van der Waals surface area contributed by atoms with E-state index in [1.807, 2.05) is 0 Å². The van der Waals surface area contributed by atoms with E-state index in [1.165, 1.54) is 48.7 Å². The minimum Gasteiger partial charge on any atom is -0.326 e. The van der Waals surface area contributed by atoms with Gasteiger partial charge in [0, 0.05) is 30.9 Å². The predicted octanol–water partition coefficient (Wildman–Crippen LogP) is 2.42. The Bertz CT molecular complexity index is 1440. The fourth-order valence-electron chi connectivity index (χ4n) is 3.44. The first-order valence-corrected chi connectivity index (χ1v) is 11.6. The lowest BCUT2D eigenvalue weighted by molar-refractivity contribution is -0.385. The maximum absolute atomic E-state index is 12.6. The number of nitro benzene ring substituents is 1. The molecule has 2 aromatic carbocycles. The number of rotatable bonds is 8. The maximum atomic E-state index is 12.6. The van der Waals surface area contributed by atoms with Crippen molar-refractivity contribution in [3.05, 3.63) is 88.1 Å². The number of carbonyl (C=O) groups excluding carboxylic acids is 3. The van der Waals surface area contributed by atoms with Gasteiger partial charge in [-0.05, 0) is 42.5 Å². The summed E-state index contributed by atoms with van der Waals surface area (Å²) in [5, 5.41) is 13.7. The Hall–Kier alpha value is -4.65. The number of hydrogen-bond acceptors (Lipinski definition) is 8. The molecular weight excluding hydrogens is 478 g/mol. The number of amides is 3. The van der Waals surface area contributed by atoms with Crippen molar-refractivity contribution in [2.45, 2.75) is 11.3 Å². The van der Waals surface area contributed by atoms with Crippen LogP contribution in [0.15, 0.2) is 71.8 Å². The van der Waals surface area contributed by atoms with E-state index in [9.17, 15) is 32.9 Å². The molecule has 4 rings (SSSR count). The Labute approximate surface area is 198 Å².